The van der Waals surface area contributed by atoms with Gasteiger partial charge in [-0.25, -0.2) is 8.78 Å². The molecule has 1 aliphatic carbocycles. The van der Waals surface area contributed by atoms with Gasteiger partial charge in [-0.1, -0.05) is 0 Å². The first-order chi connectivity index (χ1) is 7.13. The molecule has 0 bridgehead atoms. The molecule has 2 rings (SSSR count). The van der Waals surface area contributed by atoms with Gasteiger partial charge in [0.1, 0.15) is 12.2 Å². The largest absolute Gasteiger partial charge is 0.316 e. The molecule has 1 aliphatic rings. The van der Waals surface area contributed by atoms with E-state index >= 15 is 0 Å². The van der Waals surface area contributed by atoms with Gasteiger partial charge in [0.2, 0.25) is 0 Å². The van der Waals surface area contributed by atoms with E-state index < -0.39 is 11.8 Å². The smallest absolute Gasteiger partial charge is 0.252 e. The number of hydrogen-bond acceptors (Lipinski definition) is 2. The average molecular weight is 236 g/mol. The Bertz CT molecular complexity index is 340. The normalized spacial score (nSPS) is 24.6. The topological polar surface area (TPSA) is 30.7 Å². The van der Waals surface area contributed by atoms with Crippen LogP contribution < -0.4 is 0 Å². The molecular formula is C9H12ClF2N3. The Labute approximate surface area is 91.4 Å². The standard InChI is InChI=1S/C9H12ClF2N3/c10-4-8-14-13-6-15(8)5-7-2-1-3-9(7,11)12/h6-7H,1-5H2. The van der Waals surface area contributed by atoms with Crippen LogP contribution in [0.25, 0.3) is 0 Å². The van der Waals surface area contributed by atoms with Crippen molar-refractivity contribution in [2.45, 2.75) is 37.6 Å². The van der Waals surface area contributed by atoms with Crippen LogP contribution in [0.3, 0.4) is 0 Å². The van der Waals surface area contributed by atoms with E-state index in [1.54, 1.807) is 4.57 Å². The SMILES string of the molecule is FC1(F)CCCC1Cn1cnnc1CCl. The summed E-state index contributed by atoms with van der Waals surface area (Å²) in [5.74, 6) is -2.39. The number of rotatable bonds is 3. The second-order valence-corrected chi connectivity index (χ2v) is 4.15. The van der Waals surface area contributed by atoms with Crippen LogP contribution in [0.5, 0.6) is 0 Å². The second kappa shape index (κ2) is 4.04. The first-order valence-electron chi connectivity index (χ1n) is 4.94. The van der Waals surface area contributed by atoms with Crippen LogP contribution in [0.15, 0.2) is 6.33 Å². The molecule has 1 unspecified atom stereocenters. The average Bonchev–Trinajstić information content (AvgIpc) is 2.74. The number of nitrogens with zero attached hydrogens (tertiary/aromatic N) is 3. The van der Waals surface area contributed by atoms with Crippen molar-refractivity contribution < 1.29 is 8.78 Å². The Morgan fingerprint density at radius 2 is 2.40 bits per heavy atom. The summed E-state index contributed by atoms with van der Waals surface area (Å²) in [6.07, 6.45) is 2.62. The molecule has 0 N–H and O–H groups in total. The van der Waals surface area contributed by atoms with Crippen molar-refractivity contribution in [1.29, 1.82) is 0 Å². The van der Waals surface area contributed by atoms with Gasteiger partial charge in [-0.3, -0.25) is 0 Å². The van der Waals surface area contributed by atoms with Gasteiger partial charge < -0.3 is 4.57 Å². The van der Waals surface area contributed by atoms with Crippen LogP contribution in [0.2, 0.25) is 0 Å². The first-order valence-corrected chi connectivity index (χ1v) is 5.47. The summed E-state index contributed by atoms with van der Waals surface area (Å²) in [7, 11) is 0. The van der Waals surface area contributed by atoms with Crippen molar-refractivity contribution in [3.8, 4) is 0 Å². The van der Waals surface area contributed by atoms with Crippen LogP contribution in [-0.4, -0.2) is 20.7 Å². The Morgan fingerprint density at radius 1 is 1.60 bits per heavy atom. The van der Waals surface area contributed by atoms with Crippen molar-refractivity contribution in [2.75, 3.05) is 0 Å². The van der Waals surface area contributed by atoms with E-state index in [0.717, 1.165) is 0 Å². The molecule has 0 radical (unpaired) electrons. The van der Waals surface area contributed by atoms with E-state index in [4.69, 9.17) is 11.6 Å². The third-order valence-corrected chi connectivity index (χ3v) is 3.13. The van der Waals surface area contributed by atoms with E-state index in [9.17, 15) is 8.78 Å². The lowest BCUT2D eigenvalue weighted by atomic mass is 10.1. The molecule has 0 aromatic carbocycles. The molecule has 1 aromatic rings. The molecule has 1 aromatic heterocycles. The zero-order valence-electron chi connectivity index (χ0n) is 8.17. The number of alkyl halides is 3. The van der Waals surface area contributed by atoms with E-state index in [1.807, 2.05) is 0 Å². The lowest BCUT2D eigenvalue weighted by Gasteiger charge is -2.19. The van der Waals surface area contributed by atoms with Gasteiger partial charge in [-0.2, -0.15) is 0 Å². The third kappa shape index (κ3) is 2.12. The Hall–Kier alpha value is -0.710. The lowest BCUT2D eigenvalue weighted by molar-refractivity contribution is -0.0424. The van der Waals surface area contributed by atoms with Crippen LogP contribution in [0.4, 0.5) is 8.78 Å². The fraction of sp³-hybridized carbons (Fsp3) is 0.778. The highest BCUT2D eigenvalue weighted by molar-refractivity contribution is 6.16. The maximum atomic E-state index is 13.3. The minimum atomic E-state index is -2.55. The summed E-state index contributed by atoms with van der Waals surface area (Å²) in [6, 6.07) is 0. The van der Waals surface area contributed by atoms with Gasteiger partial charge in [-0.05, 0) is 12.8 Å². The monoisotopic (exact) mass is 235 g/mol. The Kier molecular flexibility index (Phi) is 2.91. The van der Waals surface area contributed by atoms with Gasteiger partial charge in [0, 0.05) is 18.9 Å². The first kappa shape index (κ1) is 10.8. The molecule has 1 atom stereocenters. The highest BCUT2D eigenvalue weighted by Crippen LogP contribution is 2.41. The molecule has 1 heterocycles. The lowest BCUT2D eigenvalue weighted by Crippen LogP contribution is -2.26. The zero-order chi connectivity index (χ0) is 10.9. The molecule has 6 heteroatoms. The van der Waals surface area contributed by atoms with Crippen molar-refractivity contribution in [1.82, 2.24) is 14.8 Å². The van der Waals surface area contributed by atoms with Crippen LogP contribution >= 0.6 is 11.6 Å². The molecule has 0 amide bonds. The fourth-order valence-corrected chi connectivity index (χ4v) is 2.20. The zero-order valence-corrected chi connectivity index (χ0v) is 8.92. The van der Waals surface area contributed by atoms with Gasteiger partial charge in [0.15, 0.2) is 0 Å². The predicted molar refractivity (Wildman–Crippen MR) is 51.9 cm³/mol. The quantitative estimate of drug-likeness (QED) is 0.754. The summed E-state index contributed by atoms with van der Waals surface area (Å²) >= 11 is 5.62. The third-order valence-electron chi connectivity index (χ3n) is 2.89. The molecule has 1 fully saturated rings. The molecule has 0 aliphatic heterocycles. The molecule has 0 saturated heterocycles. The Morgan fingerprint density at radius 3 is 3.00 bits per heavy atom. The van der Waals surface area contributed by atoms with E-state index in [-0.39, 0.29) is 18.8 Å². The van der Waals surface area contributed by atoms with Crippen molar-refractivity contribution in [3.05, 3.63) is 12.2 Å². The highest BCUT2D eigenvalue weighted by atomic mass is 35.5. The fourth-order valence-electron chi connectivity index (χ4n) is 2.00. The number of halogens is 3. The van der Waals surface area contributed by atoms with Gasteiger partial charge in [0.05, 0.1) is 5.88 Å². The highest BCUT2D eigenvalue weighted by Gasteiger charge is 2.43. The van der Waals surface area contributed by atoms with Crippen LogP contribution in [0.1, 0.15) is 25.1 Å². The Balaban J connectivity index is 2.08. The number of hydrogen-bond donors (Lipinski definition) is 0. The van der Waals surface area contributed by atoms with Crippen LogP contribution in [0, 0.1) is 5.92 Å². The van der Waals surface area contributed by atoms with Crippen molar-refractivity contribution >= 4 is 11.6 Å². The summed E-state index contributed by atoms with van der Waals surface area (Å²) in [5.41, 5.74) is 0. The van der Waals surface area contributed by atoms with Gasteiger partial charge in [-0.15, -0.1) is 21.8 Å². The summed E-state index contributed by atoms with van der Waals surface area (Å²) in [6.45, 7) is 0.266. The molecule has 0 spiro atoms. The second-order valence-electron chi connectivity index (χ2n) is 3.88. The summed E-state index contributed by atoms with van der Waals surface area (Å²) < 4.78 is 28.3. The summed E-state index contributed by atoms with van der Waals surface area (Å²) in [5, 5.41) is 7.43. The molecule has 3 nitrogen and oxygen atoms in total. The maximum Gasteiger partial charge on any atom is 0.252 e. The molecule has 84 valence electrons. The molecule has 15 heavy (non-hydrogen) atoms. The van der Waals surface area contributed by atoms with Gasteiger partial charge >= 0.3 is 0 Å². The maximum absolute atomic E-state index is 13.3. The predicted octanol–water partition coefficient (Wildman–Crippen LogP) is 2.45. The van der Waals surface area contributed by atoms with Gasteiger partial charge in [0.25, 0.3) is 5.92 Å². The van der Waals surface area contributed by atoms with Crippen LogP contribution in [-0.2, 0) is 12.4 Å². The minimum absolute atomic E-state index is 0.00397. The van der Waals surface area contributed by atoms with Crippen molar-refractivity contribution in [2.24, 2.45) is 5.92 Å². The van der Waals surface area contributed by atoms with Crippen molar-refractivity contribution in [3.63, 3.8) is 0 Å². The van der Waals surface area contributed by atoms with E-state index in [1.165, 1.54) is 6.33 Å². The minimum Gasteiger partial charge on any atom is -0.316 e. The molecule has 1 saturated carbocycles. The van der Waals surface area contributed by atoms with E-state index in [0.29, 0.717) is 18.7 Å². The number of aromatic nitrogens is 3. The summed E-state index contributed by atoms with van der Waals surface area (Å²) in [4.78, 5) is 0. The van der Waals surface area contributed by atoms with E-state index in [2.05, 4.69) is 10.2 Å². The molecular weight excluding hydrogens is 224 g/mol.